The number of thioether (sulfide) groups is 3. The molecule has 9 rings (SSSR count). The van der Waals surface area contributed by atoms with Crippen molar-refractivity contribution in [3.05, 3.63) is 0 Å². The normalized spacial score (nSPS) is 33.4. The van der Waals surface area contributed by atoms with Crippen LogP contribution < -0.4 is 0 Å². The van der Waals surface area contributed by atoms with E-state index in [1.165, 1.54) is 0 Å². The standard InChI is InChI=1S/3C16H33N.3C15H30O.3C15H30S/c3*1-12(2)13(3,4)15(7,8)17(11)16(9,10)14(12,5)6;6*1-11(2)12(3,4)14(7,8)16-15(9,10)13(11,5)6/h3*1-11H3;6*1-10H3. The summed E-state index contributed by atoms with van der Waals surface area (Å²) in [4.78, 5) is 7.77. The van der Waals surface area contributed by atoms with E-state index in [-0.39, 0.29) is 164 Å². The zero-order valence-electron chi connectivity index (χ0n) is 119. The summed E-state index contributed by atoms with van der Waals surface area (Å²) in [5, 5.41) is 0. The van der Waals surface area contributed by atoms with Gasteiger partial charge in [-0.15, -0.1) is 35.3 Å². The van der Waals surface area contributed by atoms with Crippen molar-refractivity contribution in [3.8, 4) is 0 Å². The lowest BCUT2D eigenvalue weighted by molar-refractivity contribution is -0.323. The van der Waals surface area contributed by atoms with Crippen molar-refractivity contribution in [2.45, 2.75) is 718 Å². The first kappa shape index (κ1) is 146. The lowest BCUT2D eigenvalue weighted by atomic mass is 9.41. The zero-order valence-corrected chi connectivity index (χ0v) is 122. The van der Waals surface area contributed by atoms with Crippen molar-refractivity contribution in [2.24, 2.45) is 146 Å². The van der Waals surface area contributed by atoms with Gasteiger partial charge in [-0.25, -0.2) is 0 Å². The van der Waals surface area contributed by atoms with E-state index < -0.39 is 0 Å². The quantitative estimate of drug-likeness (QED) is 0.236. The third-order valence-electron chi connectivity index (χ3n) is 63.5. The lowest BCUT2D eigenvalue weighted by Gasteiger charge is -2.73. The molecule has 0 aromatic heterocycles. The molecule has 0 aliphatic carbocycles. The summed E-state index contributed by atoms with van der Waals surface area (Å²) in [6.07, 6.45) is 0. The van der Waals surface area contributed by atoms with Crippen LogP contribution in [-0.2, 0) is 14.2 Å². The highest BCUT2D eigenvalue weighted by molar-refractivity contribution is 8.02. The van der Waals surface area contributed by atoms with Gasteiger partial charge in [-0.05, 0) is 334 Å². The summed E-state index contributed by atoms with van der Waals surface area (Å²) >= 11 is 6.49. The molecule has 0 atom stereocenters. The number of hydrogen-bond acceptors (Lipinski definition) is 9. The van der Waals surface area contributed by atoms with Crippen LogP contribution in [0, 0.1) is 146 Å². The fourth-order valence-corrected chi connectivity index (χ4v) is 37.5. The first-order valence-electron chi connectivity index (χ1n) is 59.1. The third-order valence-corrected chi connectivity index (χ3v) is 69.6. The van der Waals surface area contributed by atoms with E-state index in [4.69, 9.17) is 14.2 Å². The molecule has 0 amide bonds. The third kappa shape index (κ3) is 19.6. The van der Waals surface area contributed by atoms with E-state index in [1.54, 1.807) is 0 Å². The van der Waals surface area contributed by atoms with E-state index >= 15 is 0 Å². The Morgan fingerprint density at radius 3 is 0.245 bits per heavy atom. The highest BCUT2D eigenvalue weighted by Gasteiger charge is 2.76. The number of nitrogens with zero attached hydrogens (tertiary/aromatic N) is 3. The predicted octanol–water partition coefficient (Wildman–Crippen LogP) is 43.8. The molecule has 0 aromatic carbocycles. The van der Waals surface area contributed by atoms with Crippen molar-refractivity contribution in [1.82, 2.24) is 14.7 Å². The molecule has 0 spiro atoms. The summed E-state index contributed by atoms with van der Waals surface area (Å²) in [7, 11) is 6.87. The Balaban J connectivity index is 0.000000827. The number of likely N-dealkylation sites (tertiary alicyclic amines) is 3. The largest absolute Gasteiger partial charge is 0.369 e. The molecule has 0 radical (unpaired) electrons. The summed E-state index contributed by atoms with van der Waals surface area (Å²) in [6.45, 7) is 215. The second kappa shape index (κ2) is 38.2. The number of rotatable bonds is 0. The van der Waals surface area contributed by atoms with Gasteiger partial charge in [0.05, 0.1) is 33.6 Å². The van der Waals surface area contributed by atoms with Gasteiger partial charge in [-0.3, -0.25) is 14.7 Å². The van der Waals surface area contributed by atoms with Crippen LogP contribution in [0.5, 0.6) is 0 Å². The smallest absolute Gasteiger partial charge is 0.0690 e. The van der Waals surface area contributed by atoms with Gasteiger partial charge < -0.3 is 14.2 Å². The van der Waals surface area contributed by atoms with Gasteiger partial charge in [0.25, 0.3) is 0 Å². The van der Waals surface area contributed by atoms with Crippen LogP contribution in [0.4, 0.5) is 0 Å². The molecule has 9 aliphatic heterocycles. The topological polar surface area (TPSA) is 37.4 Å². The molecular formula is C138H279N3O3S3. The zero-order chi connectivity index (χ0) is 121. The van der Waals surface area contributed by atoms with Crippen molar-refractivity contribution in [2.75, 3.05) is 21.1 Å². The lowest BCUT2D eigenvalue weighted by Crippen LogP contribution is -2.76. The van der Waals surface area contributed by atoms with Crippen molar-refractivity contribution < 1.29 is 14.2 Å². The fraction of sp³-hybridized carbons (Fsp3) is 1.00. The van der Waals surface area contributed by atoms with Gasteiger partial charge in [0.2, 0.25) is 0 Å². The summed E-state index contributed by atoms with van der Waals surface area (Å²) in [5.74, 6) is 0. The first-order valence-corrected chi connectivity index (χ1v) is 61.6. The van der Waals surface area contributed by atoms with E-state index in [0.29, 0.717) is 77.2 Å². The van der Waals surface area contributed by atoms with Crippen molar-refractivity contribution in [3.63, 3.8) is 0 Å². The molecule has 0 saturated carbocycles. The molecule has 9 aliphatic rings. The second-order valence-corrected chi connectivity index (χ2v) is 80.4. The minimum atomic E-state index is -0.102. The molecule has 9 saturated heterocycles. The van der Waals surface area contributed by atoms with Crippen LogP contribution in [0.2, 0.25) is 0 Å². The maximum absolute atomic E-state index is 6.43. The molecule has 9 fully saturated rings. The second-order valence-electron chi connectivity index (χ2n) is 73.6. The van der Waals surface area contributed by atoms with Crippen molar-refractivity contribution >= 4 is 35.3 Å². The van der Waals surface area contributed by atoms with E-state index in [0.717, 1.165) is 0 Å². The highest BCUT2D eigenvalue weighted by atomic mass is 32.2. The average Bonchev–Trinajstić information content (AvgIpc) is 0.674. The Hall–Kier alpha value is 0.810. The fourth-order valence-electron chi connectivity index (χ4n) is 30.6. The number of ether oxygens (including phenoxy) is 3. The van der Waals surface area contributed by atoms with Crippen LogP contribution >= 0.6 is 35.3 Å². The maximum Gasteiger partial charge on any atom is 0.0690 e. The molecule has 0 aromatic rings. The molecule has 9 heterocycles. The van der Waals surface area contributed by atoms with Crippen LogP contribution in [0.15, 0.2) is 0 Å². The SMILES string of the molecule is CC1(C)OC(C)(C)C(C)(C)C(C)(C)C1(C)C.CC1(C)OC(C)(C)C(C)(C)C(C)(C)C1(C)C.CC1(C)OC(C)(C)C(C)(C)C(C)(C)C1(C)C.CC1(C)SC(C)(C)C(C)(C)C(C)(C)C1(C)C.CC1(C)SC(C)(C)C(C)(C)C(C)(C)C1(C)C.CC1(C)SC(C)(C)C(C)(C)C(C)(C)C1(C)C.CN1C(C)(C)C(C)(C)C(C)(C)C(C)(C)C1(C)C.CN1C(C)(C)C(C)(C)C(C)(C)C(C)(C)C1(C)C.CN1C(C)(C)C(C)(C)C(C)(C)C(C)(C)C1(C)C. The summed E-state index contributed by atoms with van der Waals surface area (Å²) in [5.41, 5.74) is 7.27. The molecule has 0 N–H and O–H groups in total. The minimum absolute atomic E-state index is 0.102. The van der Waals surface area contributed by atoms with Gasteiger partial charge in [-0.1, -0.05) is 457 Å². The molecule has 9 heteroatoms. The van der Waals surface area contributed by atoms with Gasteiger partial charge in [0, 0.05) is 61.7 Å². The molecular weight excluding hydrogens is 1840 g/mol. The minimum Gasteiger partial charge on any atom is -0.369 e. The molecule has 0 unspecified atom stereocenters. The Morgan fingerprint density at radius 2 is 0.163 bits per heavy atom. The Labute approximate surface area is 943 Å². The molecule has 147 heavy (non-hydrogen) atoms. The van der Waals surface area contributed by atoms with Crippen LogP contribution in [-0.4, -0.2) is 131 Å². The number of piperidine rings is 3. The highest BCUT2D eigenvalue weighted by Crippen LogP contribution is 2.79. The van der Waals surface area contributed by atoms with Gasteiger partial charge >= 0.3 is 0 Å². The van der Waals surface area contributed by atoms with Gasteiger partial charge in [0.1, 0.15) is 0 Å². The average molecular weight is 2120 g/mol. The van der Waals surface area contributed by atoms with E-state index in [1.807, 2.05) is 0 Å². The van der Waals surface area contributed by atoms with Gasteiger partial charge in [0.15, 0.2) is 0 Å². The summed E-state index contributed by atoms with van der Waals surface area (Å²) in [6, 6.07) is 0. The van der Waals surface area contributed by atoms with Crippen molar-refractivity contribution in [1.29, 1.82) is 0 Å². The van der Waals surface area contributed by atoms with Gasteiger partial charge in [-0.2, -0.15) is 0 Å². The van der Waals surface area contributed by atoms with Crippen LogP contribution in [0.1, 0.15) is 623 Å². The maximum atomic E-state index is 6.43. The Kier molecular flexibility index (Phi) is 37.9. The predicted molar refractivity (Wildman–Crippen MR) is 675 cm³/mol. The molecule has 882 valence electrons. The Morgan fingerprint density at radius 1 is 0.0952 bits per heavy atom. The first-order chi connectivity index (χ1) is 61.7. The monoisotopic (exact) mass is 2120 g/mol. The van der Waals surface area contributed by atoms with E-state index in [2.05, 4.69) is 694 Å². The molecule has 6 nitrogen and oxygen atoms in total. The summed E-state index contributed by atoms with van der Waals surface area (Å²) < 4.78 is 21.2. The number of hydrogen-bond donors (Lipinski definition) is 0. The van der Waals surface area contributed by atoms with E-state index in [9.17, 15) is 0 Å². The Bertz CT molecular complexity index is 3640. The molecule has 0 bridgehead atoms. The van der Waals surface area contributed by atoms with Crippen LogP contribution in [0.3, 0.4) is 0 Å². The van der Waals surface area contributed by atoms with Crippen LogP contribution in [0.25, 0.3) is 0 Å².